The van der Waals surface area contributed by atoms with Gasteiger partial charge in [0, 0.05) is 36.8 Å². The van der Waals surface area contributed by atoms with Crippen LogP contribution in [0.15, 0.2) is 36.7 Å². The third-order valence-electron chi connectivity index (χ3n) is 8.00. The highest BCUT2D eigenvalue weighted by atomic mass is 16.6. The van der Waals surface area contributed by atoms with E-state index in [1.165, 1.54) is 9.70 Å². The van der Waals surface area contributed by atoms with Crippen molar-refractivity contribution >= 4 is 23.9 Å². The number of allylic oxidation sites excluding steroid dienone is 1. The molecule has 5 atom stereocenters. The zero-order valence-electron chi connectivity index (χ0n) is 24.6. The average Bonchev–Trinajstić information content (AvgIpc) is 3.28. The number of hydrogen-bond acceptors (Lipinski definition) is 9. The molecule has 43 heavy (non-hydrogen) atoms. The molecule has 2 aliphatic heterocycles. The number of alkyl carbamates (subject to hydrolysis) is 1. The lowest BCUT2D eigenvalue weighted by molar-refractivity contribution is -0.145. The summed E-state index contributed by atoms with van der Waals surface area (Å²) in [6.45, 7) is 5.27. The third kappa shape index (κ3) is 6.83. The number of fused-ring (bicyclic) bond motifs is 2. The predicted octanol–water partition coefficient (Wildman–Crippen LogP) is 2.25. The number of ether oxygens (including phenoxy) is 1. The van der Waals surface area contributed by atoms with Crippen molar-refractivity contribution in [1.29, 1.82) is 0 Å². The SMILES string of the molecule is CC(C)(C)OC(=O)NC1CCCCC/C=C\C2CC2(C(=O)O)NC(=O)C2C[C@@H](n3nnc(-c4cccnc4)n3)CN2C1=O. The minimum Gasteiger partial charge on any atom is -0.479 e. The van der Waals surface area contributed by atoms with Crippen LogP contribution in [0.4, 0.5) is 4.79 Å². The maximum Gasteiger partial charge on any atom is 0.408 e. The van der Waals surface area contributed by atoms with Crippen LogP contribution >= 0.6 is 0 Å². The molecule has 1 saturated carbocycles. The molecule has 0 bridgehead atoms. The minimum atomic E-state index is -1.42. The van der Waals surface area contributed by atoms with Crippen LogP contribution in [0.25, 0.3) is 11.4 Å². The Hall–Kier alpha value is -4.36. The number of nitrogens with one attached hydrogen (secondary N) is 2. The number of amides is 3. The first-order valence-corrected chi connectivity index (χ1v) is 14.7. The van der Waals surface area contributed by atoms with E-state index < -0.39 is 53.1 Å². The summed E-state index contributed by atoms with van der Waals surface area (Å²) in [6, 6.07) is 1.07. The Morgan fingerprint density at radius 1 is 1.21 bits per heavy atom. The summed E-state index contributed by atoms with van der Waals surface area (Å²) in [4.78, 5) is 59.8. The number of carboxylic acids is 1. The maximum atomic E-state index is 14.1. The molecule has 1 saturated heterocycles. The van der Waals surface area contributed by atoms with Gasteiger partial charge in [-0.3, -0.25) is 14.6 Å². The normalized spacial score (nSPS) is 28.9. The van der Waals surface area contributed by atoms with Crippen LogP contribution in [0, 0.1) is 5.92 Å². The van der Waals surface area contributed by atoms with Crippen molar-refractivity contribution in [2.45, 2.75) is 95.0 Å². The van der Waals surface area contributed by atoms with Gasteiger partial charge < -0.3 is 25.4 Å². The Labute approximate surface area is 249 Å². The summed E-state index contributed by atoms with van der Waals surface area (Å²) in [5.41, 5.74) is -1.53. The lowest BCUT2D eigenvalue weighted by Crippen LogP contribution is -2.56. The molecule has 1 aliphatic carbocycles. The summed E-state index contributed by atoms with van der Waals surface area (Å²) in [7, 11) is 0. The molecule has 3 aliphatic rings. The maximum absolute atomic E-state index is 14.1. The van der Waals surface area contributed by atoms with Crippen molar-refractivity contribution in [3.05, 3.63) is 36.7 Å². The molecule has 2 aromatic rings. The first-order valence-electron chi connectivity index (χ1n) is 14.7. The summed E-state index contributed by atoms with van der Waals surface area (Å²) in [5.74, 6) is -2.13. The van der Waals surface area contributed by atoms with E-state index in [-0.39, 0.29) is 25.3 Å². The monoisotopic (exact) mass is 594 g/mol. The van der Waals surface area contributed by atoms with E-state index in [0.717, 1.165) is 19.3 Å². The first-order chi connectivity index (χ1) is 20.5. The average molecular weight is 595 g/mol. The van der Waals surface area contributed by atoms with Gasteiger partial charge in [0.25, 0.3) is 0 Å². The van der Waals surface area contributed by atoms with Crippen LogP contribution < -0.4 is 10.6 Å². The highest BCUT2D eigenvalue weighted by Gasteiger charge is 2.61. The number of hydrogen-bond donors (Lipinski definition) is 3. The number of aliphatic carboxylic acids is 1. The van der Waals surface area contributed by atoms with E-state index in [2.05, 4.69) is 31.0 Å². The van der Waals surface area contributed by atoms with Crippen molar-refractivity contribution in [1.82, 2.24) is 40.7 Å². The fourth-order valence-corrected chi connectivity index (χ4v) is 5.69. The Bertz CT molecular complexity index is 1390. The fraction of sp³-hybridized carbons (Fsp3) is 0.586. The zero-order valence-corrected chi connectivity index (χ0v) is 24.6. The number of nitrogens with zero attached hydrogens (tertiary/aromatic N) is 6. The van der Waals surface area contributed by atoms with Crippen molar-refractivity contribution < 1.29 is 29.0 Å². The highest BCUT2D eigenvalue weighted by molar-refractivity contribution is 5.96. The molecule has 3 N–H and O–H groups in total. The Kier molecular flexibility index (Phi) is 8.47. The quantitative estimate of drug-likeness (QED) is 0.444. The van der Waals surface area contributed by atoms with Crippen LogP contribution in [0.1, 0.15) is 71.8 Å². The molecular formula is C29H38N8O6. The van der Waals surface area contributed by atoms with Gasteiger partial charge in [0.2, 0.25) is 17.6 Å². The summed E-state index contributed by atoms with van der Waals surface area (Å²) < 4.78 is 5.43. The number of pyridine rings is 1. The smallest absolute Gasteiger partial charge is 0.408 e. The molecule has 0 radical (unpaired) electrons. The predicted molar refractivity (Wildman–Crippen MR) is 152 cm³/mol. The lowest BCUT2D eigenvalue weighted by Gasteiger charge is -2.30. The number of carbonyl (C=O) groups excluding carboxylic acids is 3. The molecule has 4 heterocycles. The first kappa shape index (κ1) is 30.1. The second-order valence-electron chi connectivity index (χ2n) is 12.4. The Balaban J connectivity index is 1.44. The van der Waals surface area contributed by atoms with E-state index in [1.54, 1.807) is 45.3 Å². The largest absolute Gasteiger partial charge is 0.479 e. The lowest BCUT2D eigenvalue weighted by atomic mass is 10.0. The summed E-state index contributed by atoms with van der Waals surface area (Å²) >= 11 is 0. The van der Waals surface area contributed by atoms with E-state index >= 15 is 0 Å². The van der Waals surface area contributed by atoms with E-state index in [0.29, 0.717) is 24.2 Å². The van der Waals surface area contributed by atoms with Crippen molar-refractivity contribution in [2.24, 2.45) is 5.92 Å². The van der Waals surface area contributed by atoms with Crippen LogP contribution in [0.2, 0.25) is 0 Å². The fourth-order valence-electron chi connectivity index (χ4n) is 5.69. The van der Waals surface area contributed by atoms with Gasteiger partial charge in [-0.25, -0.2) is 9.59 Å². The van der Waals surface area contributed by atoms with Crippen LogP contribution in [-0.4, -0.2) is 88.8 Å². The summed E-state index contributed by atoms with van der Waals surface area (Å²) in [6.07, 6.45) is 10.2. The van der Waals surface area contributed by atoms with E-state index in [4.69, 9.17) is 4.74 Å². The standard InChI is InChI=1S/C29H38N8O6/c1-28(2,3)43-27(42)31-21-12-8-6-4-5-7-11-19-15-29(19,26(40)41)32-24(38)22-14-20(17-36(22)25(21)39)37-34-23(33-35-37)18-10-9-13-30-16-18/h7,9-11,13,16,19-22H,4-6,8,12,14-15,17H2,1-3H3,(H,31,42)(H,32,38)(H,40,41)/b11-7-/t19?,20-,21?,22?,29?/m1/s1. The van der Waals surface area contributed by atoms with Gasteiger partial charge in [-0.15, -0.1) is 10.2 Å². The second-order valence-corrected chi connectivity index (χ2v) is 12.4. The number of carboxylic acid groups (broad SMARTS) is 1. The van der Waals surface area contributed by atoms with Gasteiger partial charge in [-0.05, 0) is 63.8 Å². The van der Waals surface area contributed by atoms with E-state index in [1.807, 2.05) is 12.2 Å². The van der Waals surface area contributed by atoms with Gasteiger partial charge in [0.15, 0.2) is 0 Å². The number of tetrazole rings is 1. The van der Waals surface area contributed by atoms with Crippen LogP contribution in [0.5, 0.6) is 0 Å². The van der Waals surface area contributed by atoms with Crippen molar-refractivity contribution in [2.75, 3.05) is 6.54 Å². The molecule has 4 unspecified atom stereocenters. The van der Waals surface area contributed by atoms with Crippen molar-refractivity contribution in [3.8, 4) is 11.4 Å². The Morgan fingerprint density at radius 2 is 2.02 bits per heavy atom. The molecule has 0 aromatic carbocycles. The number of rotatable bonds is 4. The van der Waals surface area contributed by atoms with Gasteiger partial charge in [-0.1, -0.05) is 25.0 Å². The van der Waals surface area contributed by atoms with Gasteiger partial charge in [0.05, 0.1) is 6.04 Å². The number of aromatic nitrogens is 5. The molecule has 14 heteroatoms. The Morgan fingerprint density at radius 3 is 2.74 bits per heavy atom. The molecule has 2 fully saturated rings. The number of carbonyl (C=O) groups is 4. The van der Waals surface area contributed by atoms with Gasteiger partial charge in [-0.2, -0.15) is 4.80 Å². The molecule has 230 valence electrons. The third-order valence-corrected chi connectivity index (χ3v) is 8.00. The molecule has 2 aromatic heterocycles. The van der Waals surface area contributed by atoms with Gasteiger partial charge in [0.1, 0.15) is 23.2 Å². The molecular weight excluding hydrogens is 556 g/mol. The second kappa shape index (κ2) is 12.1. The van der Waals surface area contributed by atoms with Crippen LogP contribution in [-0.2, 0) is 19.1 Å². The molecule has 14 nitrogen and oxygen atoms in total. The zero-order chi connectivity index (χ0) is 30.8. The summed E-state index contributed by atoms with van der Waals surface area (Å²) in [5, 5.41) is 28.3. The highest BCUT2D eigenvalue weighted by Crippen LogP contribution is 2.45. The molecule has 5 rings (SSSR count). The topological polar surface area (TPSA) is 182 Å². The van der Waals surface area contributed by atoms with Crippen LogP contribution in [0.3, 0.4) is 0 Å². The van der Waals surface area contributed by atoms with E-state index in [9.17, 15) is 24.3 Å². The van der Waals surface area contributed by atoms with Crippen molar-refractivity contribution in [3.63, 3.8) is 0 Å². The molecule has 3 amide bonds. The minimum absolute atomic E-state index is 0.0651. The molecule has 0 spiro atoms. The van der Waals surface area contributed by atoms with Gasteiger partial charge >= 0.3 is 12.1 Å².